The van der Waals surface area contributed by atoms with Gasteiger partial charge in [0.15, 0.2) is 5.76 Å². The van der Waals surface area contributed by atoms with Crippen LogP contribution < -0.4 is 4.74 Å². The Morgan fingerprint density at radius 1 is 1.28 bits per heavy atom. The van der Waals surface area contributed by atoms with Gasteiger partial charge in [-0.15, -0.1) is 0 Å². The highest BCUT2D eigenvalue weighted by Crippen LogP contribution is 2.41. The number of aliphatic hydroxyl groups is 1. The van der Waals surface area contributed by atoms with Crippen LogP contribution in [0.4, 0.5) is 0 Å². The Morgan fingerprint density at radius 3 is 2.83 bits per heavy atom. The molecule has 0 saturated heterocycles. The van der Waals surface area contributed by atoms with Gasteiger partial charge in [0.05, 0.1) is 12.1 Å². The highest BCUT2D eigenvalue weighted by molar-refractivity contribution is 5.88. The van der Waals surface area contributed by atoms with Gasteiger partial charge in [0.2, 0.25) is 5.76 Å². The van der Waals surface area contributed by atoms with Crippen molar-refractivity contribution in [2.75, 3.05) is 6.54 Å². The minimum atomic E-state index is -1.44. The largest absolute Gasteiger partial charge is 0.499 e. The fourth-order valence-corrected chi connectivity index (χ4v) is 1.92. The van der Waals surface area contributed by atoms with E-state index in [4.69, 9.17) is 9.84 Å². The molecule has 0 spiro atoms. The fourth-order valence-electron chi connectivity index (χ4n) is 1.92. The minimum Gasteiger partial charge on any atom is -0.499 e. The minimum absolute atomic E-state index is 0.0822. The lowest BCUT2D eigenvalue weighted by molar-refractivity contribution is -0.135. The molecule has 0 saturated carbocycles. The maximum Gasteiger partial charge on any atom is 0.374 e. The van der Waals surface area contributed by atoms with Crippen LogP contribution in [0.2, 0.25) is 0 Å². The number of nitrogens with zero attached hydrogens (tertiary/aromatic N) is 2. The summed E-state index contributed by atoms with van der Waals surface area (Å²) in [6.07, 6.45) is 0. The molecule has 3 rings (SSSR count). The van der Waals surface area contributed by atoms with Crippen LogP contribution in [-0.4, -0.2) is 22.7 Å². The van der Waals surface area contributed by atoms with E-state index in [1.807, 2.05) is 12.1 Å². The van der Waals surface area contributed by atoms with Gasteiger partial charge in [0.25, 0.3) is 0 Å². The molecular formula is C12H8N2O4. The van der Waals surface area contributed by atoms with Gasteiger partial charge in [0, 0.05) is 5.56 Å². The van der Waals surface area contributed by atoms with E-state index in [0.717, 1.165) is 5.56 Å². The maximum absolute atomic E-state index is 10.8. The van der Waals surface area contributed by atoms with Crippen molar-refractivity contribution in [3.05, 3.63) is 46.9 Å². The topological polar surface area (TPSA) is 91.5 Å². The summed E-state index contributed by atoms with van der Waals surface area (Å²) >= 11 is 0. The second-order valence-corrected chi connectivity index (χ2v) is 3.81. The van der Waals surface area contributed by atoms with Gasteiger partial charge in [-0.05, 0) is 12.1 Å². The Morgan fingerprint density at radius 2 is 2.06 bits per heavy atom. The van der Waals surface area contributed by atoms with Gasteiger partial charge >= 0.3 is 5.97 Å². The van der Waals surface area contributed by atoms with E-state index < -0.39 is 11.7 Å². The molecule has 0 radical (unpaired) electrons. The first-order valence-electron chi connectivity index (χ1n) is 5.23. The molecule has 6 nitrogen and oxygen atoms in total. The number of hydrogen-bond acceptors (Lipinski definition) is 5. The van der Waals surface area contributed by atoms with Gasteiger partial charge in [0.1, 0.15) is 11.4 Å². The lowest BCUT2D eigenvalue weighted by atomic mass is 10.0. The smallest absolute Gasteiger partial charge is 0.374 e. The predicted molar refractivity (Wildman–Crippen MR) is 61.0 cm³/mol. The fraction of sp³-hybridized carbons (Fsp3) is 0.0833. The van der Waals surface area contributed by atoms with Crippen molar-refractivity contribution >= 4 is 11.7 Å². The van der Waals surface area contributed by atoms with Crippen molar-refractivity contribution in [1.82, 2.24) is 0 Å². The summed E-state index contributed by atoms with van der Waals surface area (Å²) in [4.78, 5) is 10.8. The molecule has 1 aromatic carbocycles. The van der Waals surface area contributed by atoms with E-state index in [2.05, 4.69) is 10.2 Å². The number of hydrogen-bond donors (Lipinski definition) is 2. The molecule has 90 valence electrons. The average Bonchev–Trinajstić information content (AvgIpc) is 2.86. The first kappa shape index (κ1) is 10.5. The van der Waals surface area contributed by atoms with Crippen molar-refractivity contribution in [1.29, 1.82) is 0 Å². The summed E-state index contributed by atoms with van der Waals surface area (Å²) < 4.78 is 5.44. The molecule has 0 unspecified atom stereocenters. The number of benzene rings is 1. The van der Waals surface area contributed by atoms with Gasteiger partial charge in [-0.2, -0.15) is 10.2 Å². The molecule has 0 amide bonds. The lowest BCUT2D eigenvalue weighted by Crippen LogP contribution is -2.15. The van der Waals surface area contributed by atoms with Crippen LogP contribution in [0.1, 0.15) is 5.56 Å². The van der Waals surface area contributed by atoms with Crippen LogP contribution in [0, 0.1) is 0 Å². The molecule has 6 heteroatoms. The number of carboxylic acid groups (broad SMARTS) is 1. The number of aliphatic carboxylic acids is 1. The third-order valence-electron chi connectivity index (χ3n) is 2.73. The third-order valence-corrected chi connectivity index (χ3v) is 2.73. The van der Waals surface area contributed by atoms with Gasteiger partial charge in [-0.1, -0.05) is 12.1 Å². The van der Waals surface area contributed by atoms with Crippen molar-refractivity contribution in [2.45, 2.75) is 0 Å². The molecule has 0 bridgehead atoms. The number of rotatable bonds is 1. The number of azo groups is 1. The van der Waals surface area contributed by atoms with E-state index >= 15 is 0 Å². The molecule has 0 atom stereocenters. The van der Waals surface area contributed by atoms with Crippen LogP contribution in [0.25, 0.3) is 5.70 Å². The van der Waals surface area contributed by atoms with Crippen LogP contribution in [0.5, 0.6) is 5.75 Å². The zero-order valence-electron chi connectivity index (χ0n) is 9.12. The van der Waals surface area contributed by atoms with E-state index in [9.17, 15) is 9.90 Å². The standard InChI is InChI=1S/C12H8N2O4/c15-10(12(16)17)11-7-5-13-14-9(7)6-3-1-2-4-8(6)18-11/h1-4,15H,5H2,(H,16,17). The number of carboxylic acids is 1. The van der Waals surface area contributed by atoms with Gasteiger partial charge in [-0.25, -0.2) is 4.79 Å². The number of carbonyl (C=O) groups is 1. The van der Waals surface area contributed by atoms with Gasteiger partial charge < -0.3 is 14.9 Å². The van der Waals surface area contributed by atoms with Gasteiger partial charge in [-0.3, -0.25) is 0 Å². The predicted octanol–water partition coefficient (Wildman–Crippen LogP) is 2.11. The molecule has 0 aromatic heterocycles. The first-order chi connectivity index (χ1) is 8.68. The first-order valence-corrected chi connectivity index (χ1v) is 5.23. The van der Waals surface area contributed by atoms with E-state index in [1.165, 1.54) is 0 Å². The SMILES string of the molecule is O=C(O)C(O)=C1Oc2ccccc2C2=C1CN=N2. The number of para-hydroxylation sites is 1. The van der Waals surface area contributed by atoms with Crippen molar-refractivity contribution in [2.24, 2.45) is 10.2 Å². The van der Waals surface area contributed by atoms with Crippen LogP contribution >= 0.6 is 0 Å². The Labute approximate surface area is 102 Å². The lowest BCUT2D eigenvalue weighted by Gasteiger charge is -2.20. The zero-order chi connectivity index (χ0) is 12.7. The summed E-state index contributed by atoms with van der Waals surface area (Å²) in [5.74, 6) is -1.89. The molecule has 2 heterocycles. The normalized spacial score (nSPS) is 19.1. The van der Waals surface area contributed by atoms with Crippen molar-refractivity contribution in [3.63, 3.8) is 0 Å². The Bertz CT molecular complexity index is 643. The summed E-state index contributed by atoms with van der Waals surface area (Å²) in [5.41, 5.74) is 1.80. The summed E-state index contributed by atoms with van der Waals surface area (Å²) in [5, 5.41) is 26.2. The Kier molecular flexibility index (Phi) is 2.16. The molecule has 0 aliphatic carbocycles. The number of fused-ring (bicyclic) bond motifs is 2. The molecule has 2 N–H and O–H groups in total. The highest BCUT2D eigenvalue weighted by Gasteiger charge is 2.31. The van der Waals surface area contributed by atoms with Crippen molar-refractivity contribution in [3.8, 4) is 5.75 Å². The maximum atomic E-state index is 10.8. The summed E-state index contributed by atoms with van der Waals surface area (Å²) in [7, 11) is 0. The van der Waals surface area contributed by atoms with E-state index in [0.29, 0.717) is 17.0 Å². The monoisotopic (exact) mass is 244 g/mol. The quantitative estimate of drug-likeness (QED) is 0.584. The molecule has 0 fully saturated rings. The average molecular weight is 244 g/mol. The second kappa shape index (κ2) is 3.69. The molecule has 2 aliphatic heterocycles. The molecule has 2 aliphatic rings. The molecule has 18 heavy (non-hydrogen) atoms. The molecule has 1 aromatic rings. The summed E-state index contributed by atoms with van der Waals surface area (Å²) in [6, 6.07) is 7.07. The van der Waals surface area contributed by atoms with Crippen LogP contribution in [0.3, 0.4) is 0 Å². The third kappa shape index (κ3) is 1.39. The van der Waals surface area contributed by atoms with E-state index in [-0.39, 0.29) is 12.3 Å². The Hall–Kier alpha value is -2.63. The Balaban J connectivity index is 2.24. The van der Waals surface area contributed by atoms with Crippen LogP contribution in [-0.2, 0) is 4.79 Å². The highest BCUT2D eigenvalue weighted by atomic mass is 16.5. The van der Waals surface area contributed by atoms with E-state index in [1.54, 1.807) is 12.1 Å². The zero-order valence-corrected chi connectivity index (χ0v) is 9.12. The second-order valence-electron chi connectivity index (χ2n) is 3.81. The van der Waals surface area contributed by atoms with Crippen LogP contribution in [0.15, 0.2) is 51.6 Å². The molecular weight excluding hydrogens is 236 g/mol. The summed E-state index contributed by atoms with van der Waals surface area (Å²) in [6.45, 7) is 0.205. The number of aliphatic hydroxyl groups excluding tert-OH is 1. The van der Waals surface area contributed by atoms with Crippen molar-refractivity contribution < 1.29 is 19.7 Å². The number of ether oxygens (including phenoxy) is 1.